The average molecular weight is 432 g/mol. The van der Waals surface area contributed by atoms with Gasteiger partial charge in [-0.05, 0) is 56.9 Å². The van der Waals surface area contributed by atoms with Gasteiger partial charge in [0.05, 0.1) is 25.0 Å². The second kappa shape index (κ2) is 8.40. The summed E-state index contributed by atoms with van der Waals surface area (Å²) in [6.07, 6.45) is 8.02. The Hall–Kier alpha value is -1.77. The zero-order valence-corrected chi connectivity index (χ0v) is 18.2. The van der Waals surface area contributed by atoms with Gasteiger partial charge in [0.15, 0.2) is 0 Å². The van der Waals surface area contributed by atoms with E-state index >= 15 is 0 Å². The van der Waals surface area contributed by atoms with Crippen molar-refractivity contribution >= 4 is 27.5 Å². The van der Waals surface area contributed by atoms with Crippen molar-refractivity contribution in [3.05, 3.63) is 16.8 Å². The second-order valence-corrected chi connectivity index (χ2v) is 9.93. The quantitative estimate of drug-likeness (QED) is 0.774. The summed E-state index contributed by atoms with van der Waals surface area (Å²) in [5.74, 6) is -0.0571. The van der Waals surface area contributed by atoms with E-state index in [1.165, 1.54) is 4.88 Å². The molecule has 162 valence electrons. The van der Waals surface area contributed by atoms with Crippen LogP contribution < -0.4 is 4.74 Å². The monoisotopic (exact) mass is 431 g/mol. The number of carbonyl (C=O) groups is 1. The van der Waals surface area contributed by atoms with Gasteiger partial charge in [-0.15, -0.1) is 11.3 Å². The molecule has 1 aliphatic heterocycles. The summed E-state index contributed by atoms with van der Waals surface area (Å²) in [6.45, 7) is 4.94. The predicted octanol–water partition coefficient (Wildman–Crippen LogP) is 3.61. The minimum atomic E-state index is -0.748. The molecule has 0 radical (unpaired) electrons. The van der Waals surface area contributed by atoms with E-state index in [0.717, 1.165) is 74.1 Å². The van der Waals surface area contributed by atoms with Crippen LogP contribution in [-0.4, -0.2) is 63.9 Å². The molecule has 2 aromatic heterocycles. The number of hydrogen-bond donors (Lipinski definition) is 1. The second-order valence-electron chi connectivity index (χ2n) is 8.84. The molecule has 3 heterocycles. The largest absolute Gasteiger partial charge is 0.481 e. The Morgan fingerprint density at radius 1 is 1.30 bits per heavy atom. The first-order valence-corrected chi connectivity index (χ1v) is 11.9. The fraction of sp³-hybridized carbons (Fsp3) is 0.682. The van der Waals surface area contributed by atoms with Crippen molar-refractivity contribution in [3.8, 4) is 5.88 Å². The number of fused-ring (bicyclic) bond motifs is 3. The van der Waals surface area contributed by atoms with Gasteiger partial charge in [-0.1, -0.05) is 0 Å². The van der Waals surface area contributed by atoms with Crippen molar-refractivity contribution in [1.29, 1.82) is 0 Å². The molecule has 0 bridgehead atoms. The molecule has 2 aliphatic carbocycles. The van der Waals surface area contributed by atoms with Crippen LogP contribution in [0.25, 0.3) is 10.2 Å². The van der Waals surface area contributed by atoms with Crippen LogP contribution in [-0.2, 0) is 16.0 Å². The first kappa shape index (κ1) is 20.2. The molecule has 1 N–H and O–H groups in total. The fourth-order valence-electron chi connectivity index (χ4n) is 5.48. The van der Waals surface area contributed by atoms with E-state index in [0.29, 0.717) is 18.0 Å². The molecule has 1 saturated heterocycles. The number of carboxylic acids is 1. The van der Waals surface area contributed by atoms with E-state index in [1.807, 2.05) is 0 Å². The number of rotatable bonds is 5. The topological polar surface area (TPSA) is 84.8 Å². The maximum Gasteiger partial charge on any atom is 0.303 e. The number of ether oxygens (including phenoxy) is 2. The molecule has 0 amide bonds. The Bertz CT molecular complexity index is 924. The summed E-state index contributed by atoms with van der Waals surface area (Å²) in [4.78, 5) is 25.1. The zero-order valence-electron chi connectivity index (χ0n) is 17.4. The Morgan fingerprint density at radius 2 is 2.13 bits per heavy atom. The van der Waals surface area contributed by atoms with E-state index < -0.39 is 5.97 Å². The van der Waals surface area contributed by atoms with Crippen LogP contribution in [0.5, 0.6) is 5.88 Å². The number of aromatic nitrogens is 2. The van der Waals surface area contributed by atoms with Crippen LogP contribution in [0.2, 0.25) is 0 Å². The highest BCUT2D eigenvalue weighted by molar-refractivity contribution is 7.19. The molecule has 0 unspecified atom stereocenters. The van der Waals surface area contributed by atoms with Crippen LogP contribution in [0.4, 0.5) is 0 Å². The van der Waals surface area contributed by atoms with Gasteiger partial charge in [0.1, 0.15) is 17.3 Å². The molecule has 2 aromatic rings. The summed E-state index contributed by atoms with van der Waals surface area (Å²) >= 11 is 1.67. The molecule has 5 rings (SSSR count). The Balaban J connectivity index is 1.31. The molecular formula is C22H29N3O4S. The first-order valence-electron chi connectivity index (χ1n) is 11.1. The van der Waals surface area contributed by atoms with Crippen LogP contribution in [0.1, 0.15) is 61.8 Å². The molecule has 8 heteroatoms. The summed E-state index contributed by atoms with van der Waals surface area (Å²) in [5.41, 5.74) is 1.13. The lowest BCUT2D eigenvalue weighted by molar-refractivity contribution is -0.137. The number of carboxylic acid groups (broad SMARTS) is 1. The van der Waals surface area contributed by atoms with Gasteiger partial charge in [0.2, 0.25) is 5.88 Å². The highest BCUT2D eigenvalue weighted by Crippen LogP contribution is 2.47. The Kier molecular flexibility index (Phi) is 5.64. The Morgan fingerprint density at radius 3 is 2.90 bits per heavy atom. The van der Waals surface area contributed by atoms with Crippen molar-refractivity contribution < 1.29 is 19.4 Å². The SMILES string of the molecule is C[C@@H]1COCCN1[C@H]1CC[C@H](Oc2ncnc3sc4c(c23)[C@@H](CC(=O)O)CC4)CC1. The number of aliphatic carboxylic acids is 1. The standard InChI is InChI=1S/C22H29N3O4S/c1-13-11-28-9-8-25(13)15-3-5-16(6-4-15)29-21-20-19-14(10-18(26)27)2-7-17(19)30-22(20)24-12-23-21/h12-16H,2-11H2,1H3,(H,26,27)/t13-,14-,15-,16-/m1/s1. The van der Waals surface area contributed by atoms with Gasteiger partial charge in [0.25, 0.3) is 0 Å². The fourth-order valence-corrected chi connectivity index (χ4v) is 6.71. The Labute approximate surface area is 180 Å². The van der Waals surface area contributed by atoms with Crippen LogP contribution in [0.3, 0.4) is 0 Å². The van der Waals surface area contributed by atoms with Gasteiger partial charge in [-0.3, -0.25) is 9.69 Å². The van der Waals surface area contributed by atoms with E-state index in [9.17, 15) is 9.90 Å². The summed E-state index contributed by atoms with van der Waals surface area (Å²) in [5, 5.41) is 10.3. The van der Waals surface area contributed by atoms with Gasteiger partial charge < -0.3 is 14.6 Å². The van der Waals surface area contributed by atoms with Gasteiger partial charge in [-0.2, -0.15) is 0 Å². The molecular weight excluding hydrogens is 402 g/mol. The van der Waals surface area contributed by atoms with Crippen molar-refractivity contribution in [2.75, 3.05) is 19.8 Å². The highest BCUT2D eigenvalue weighted by Gasteiger charge is 2.34. The van der Waals surface area contributed by atoms with Crippen molar-refractivity contribution in [3.63, 3.8) is 0 Å². The molecule has 0 spiro atoms. The lowest BCUT2D eigenvalue weighted by Gasteiger charge is -2.42. The normalized spacial score (nSPS) is 29.8. The van der Waals surface area contributed by atoms with Crippen molar-refractivity contribution in [1.82, 2.24) is 14.9 Å². The first-order chi connectivity index (χ1) is 14.6. The molecule has 2 fully saturated rings. The van der Waals surface area contributed by atoms with Crippen molar-refractivity contribution in [2.24, 2.45) is 0 Å². The average Bonchev–Trinajstić information content (AvgIpc) is 3.29. The predicted molar refractivity (Wildman–Crippen MR) is 114 cm³/mol. The third-order valence-corrected chi connectivity index (χ3v) is 8.10. The number of thiophene rings is 1. The summed E-state index contributed by atoms with van der Waals surface area (Å²) in [6, 6.07) is 1.10. The molecule has 0 aromatic carbocycles. The van der Waals surface area contributed by atoms with E-state index in [2.05, 4.69) is 21.8 Å². The molecule has 1 saturated carbocycles. The van der Waals surface area contributed by atoms with Gasteiger partial charge in [0, 0.05) is 23.5 Å². The van der Waals surface area contributed by atoms with E-state index in [1.54, 1.807) is 17.7 Å². The van der Waals surface area contributed by atoms with E-state index in [4.69, 9.17) is 9.47 Å². The third-order valence-electron chi connectivity index (χ3n) is 6.93. The van der Waals surface area contributed by atoms with Gasteiger partial charge in [-0.25, -0.2) is 9.97 Å². The maximum absolute atomic E-state index is 11.3. The molecule has 2 atom stereocenters. The van der Waals surface area contributed by atoms with E-state index in [-0.39, 0.29) is 18.4 Å². The molecule has 30 heavy (non-hydrogen) atoms. The zero-order chi connectivity index (χ0) is 20.7. The van der Waals surface area contributed by atoms with Crippen LogP contribution in [0.15, 0.2) is 6.33 Å². The minimum absolute atomic E-state index is 0.0399. The molecule has 7 nitrogen and oxygen atoms in total. The number of nitrogens with zero attached hydrogens (tertiary/aromatic N) is 3. The third kappa shape index (κ3) is 3.81. The van der Waals surface area contributed by atoms with Gasteiger partial charge >= 0.3 is 5.97 Å². The lowest BCUT2D eigenvalue weighted by Crippen LogP contribution is -2.51. The number of aryl methyl sites for hydroxylation is 1. The number of morpholine rings is 1. The summed E-state index contributed by atoms with van der Waals surface area (Å²) in [7, 11) is 0. The maximum atomic E-state index is 11.3. The number of hydrogen-bond acceptors (Lipinski definition) is 7. The lowest BCUT2D eigenvalue weighted by atomic mass is 9.90. The molecule has 3 aliphatic rings. The highest BCUT2D eigenvalue weighted by atomic mass is 32.1. The smallest absolute Gasteiger partial charge is 0.303 e. The van der Waals surface area contributed by atoms with Crippen LogP contribution >= 0.6 is 11.3 Å². The van der Waals surface area contributed by atoms with Crippen LogP contribution in [0, 0.1) is 0 Å². The minimum Gasteiger partial charge on any atom is -0.481 e. The van der Waals surface area contributed by atoms with Crippen molar-refractivity contribution in [2.45, 2.75) is 76.0 Å². The summed E-state index contributed by atoms with van der Waals surface area (Å²) < 4.78 is 12.0.